The van der Waals surface area contributed by atoms with Crippen LogP contribution in [0.25, 0.3) is 0 Å². The fourth-order valence-electron chi connectivity index (χ4n) is 3.75. The van der Waals surface area contributed by atoms with Crippen molar-refractivity contribution in [2.45, 2.75) is 58.0 Å². The molecule has 154 valence electrons. The summed E-state index contributed by atoms with van der Waals surface area (Å²) in [4.78, 5) is 4.85. The van der Waals surface area contributed by atoms with E-state index in [0.717, 1.165) is 58.1 Å². The molecule has 1 saturated heterocycles. The summed E-state index contributed by atoms with van der Waals surface area (Å²) in [5.74, 6) is 0.895. The SMILES string of the molecule is CCNC(=NCC1(CCOC)CCCC1)NCCOCC1CCCO1.I. The van der Waals surface area contributed by atoms with Crippen molar-refractivity contribution in [3.8, 4) is 0 Å². The van der Waals surface area contributed by atoms with Gasteiger partial charge >= 0.3 is 0 Å². The second-order valence-electron chi connectivity index (χ2n) is 7.28. The van der Waals surface area contributed by atoms with E-state index in [1.54, 1.807) is 7.11 Å². The molecule has 2 N–H and O–H groups in total. The normalized spacial score (nSPS) is 22.2. The lowest BCUT2D eigenvalue weighted by molar-refractivity contribution is 0.0191. The van der Waals surface area contributed by atoms with Gasteiger partial charge in [-0.2, -0.15) is 0 Å². The number of guanidine groups is 1. The minimum atomic E-state index is 0. The van der Waals surface area contributed by atoms with Crippen LogP contribution in [0.2, 0.25) is 0 Å². The highest BCUT2D eigenvalue weighted by Gasteiger charge is 2.33. The monoisotopic (exact) mass is 483 g/mol. The topological polar surface area (TPSA) is 64.1 Å². The fraction of sp³-hybridized carbons (Fsp3) is 0.947. The Morgan fingerprint density at radius 3 is 2.65 bits per heavy atom. The number of aliphatic imine (C=N–C) groups is 1. The summed E-state index contributed by atoms with van der Waals surface area (Å²) in [6.45, 7) is 7.71. The lowest BCUT2D eigenvalue weighted by Gasteiger charge is -2.27. The first-order valence-electron chi connectivity index (χ1n) is 9.98. The molecule has 1 unspecified atom stereocenters. The molecule has 0 aromatic carbocycles. The zero-order valence-electron chi connectivity index (χ0n) is 16.6. The molecule has 1 heterocycles. The first kappa shape index (κ1) is 23.9. The molecule has 1 aliphatic heterocycles. The van der Waals surface area contributed by atoms with Gasteiger partial charge in [0.2, 0.25) is 0 Å². The Hall–Kier alpha value is -0.120. The Bertz CT molecular complexity index is 384. The summed E-state index contributed by atoms with van der Waals surface area (Å²) >= 11 is 0. The number of ether oxygens (including phenoxy) is 3. The third kappa shape index (κ3) is 8.71. The van der Waals surface area contributed by atoms with E-state index in [4.69, 9.17) is 19.2 Å². The predicted molar refractivity (Wildman–Crippen MR) is 117 cm³/mol. The van der Waals surface area contributed by atoms with E-state index in [1.165, 1.54) is 25.7 Å². The lowest BCUT2D eigenvalue weighted by atomic mass is 9.83. The first-order valence-corrected chi connectivity index (χ1v) is 9.98. The molecule has 7 heteroatoms. The maximum Gasteiger partial charge on any atom is 0.191 e. The molecule has 0 spiro atoms. The highest BCUT2D eigenvalue weighted by atomic mass is 127. The second-order valence-corrected chi connectivity index (χ2v) is 7.28. The van der Waals surface area contributed by atoms with Crippen LogP contribution in [0.15, 0.2) is 4.99 Å². The molecule has 0 radical (unpaired) electrons. The Morgan fingerprint density at radius 2 is 2.00 bits per heavy atom. The van der Waals surface area contributed by atoms with Gasteiger partial charge in [0.25, 0.3) is 0 Å². The lowest BCUT2D eigenvalue weighted by Crippen LogP contribution is -2.40. The van der Waals surface area contributed by atoms with Crippen LogP contribution in [0, 0.1) is 5.41 Å². The second kappa shape index (κ2) is 14.0. The highest BCUT2D eigenvalue weighted by molar-refractivity contribution is 14.0. The van der Waals surface area contributed by atoms with E-state index in [2.05, 4.69) is 17.6 Å². The van der Waals surface area contributed by atoms with Crippen molar-refractivity contribution >= 4 is 29.9 Å². The molecule has 0 bridgehead atoms. The molecule has 0 amide bonds. The number of hydrogen-bond acceptors (Lipinski definition) is 4. The molecule has 2 rings (SSSR count). The molecule has 6 nitrogen and oxygen atoms in total. The Morgan fingerprint density at radius 1 is 1.19 bits per heavy atom. The number of methoxy groups -OCH3 is 1. The van der Waals surface area contributed by atoms with Crippen molar-refractivity contribution < 1.29 is 14.2 Å². The van der Waals surface area contributed by atoms with Crippen molar-refractivity contribution in [2.75, 3.05) is 53.2 Å². The van der Waals surface area contributed by atoms with E-state index in [1.807, 2.05) is 0 Å². The Balaban J connectivity index is 0.00000338. The maximum absolute atomic E-state index is 5.71. The van der Waals surface area contributed by atoms with E-state index in [9.17, 15) is 0 Å². The molecule has 2 fully saturated rings. The molecule has 0 aromatic heterocycles. The zero-order valence-corrected chi connectivity index (χ0v) is 18.9. The van der Waals surface area contributed by atoms with Crippen molar-refractivity contribution in [1.82, 2.24) is 10.6 Å². The number of nitrogens with one attached hydrogen (secondary N) is 2. The first-order chi connectivity index (χ1) is 12.3. The molecule has 2 aliphatic rings. The molecule has 1 aliphatic carbocycles. The summed E-state index contributed by atoms with van der Waals surface area (Å²) in [5.41, 5.74) is 0.328. The van der Waals surface area contributed by atoms with Crippen LogP contribution in [-0.2, 0) is 14.2 Å². The smallest absolute Gasteiger partial charge is 0.191 e. The van der Waals surface area contributed by atoms with Gasteiger partial charge in [-0.25, -0.2) is 0 Å². The van der Waals surface area contributed by atoms with Gasteiger partial charge < -0.3 is 24.8 Å². The van der Waals surface area contributed by atoms with Gasteiger partial charge in [0.1, 0.15) is 0 Å². The van der Waals surface area contributed by atoms with Crippen LogP contribution in [-0.4, -0.2) is 65.2 Å². The van der Waals surface area contributed by atoms with Crippen molar-refractivity contribution in [2.24, 2.45) is 10.4 Å². The average molecular weight is 483 g/mol. The van der Waals surface area contributed by atoms with E-state index >= 15 is 0 Å². The van der Waals surface area contributed by atoms with Crippen LogP contribution in [0.5, 0.6) is 0 Å². The summed E-state index contributed by atoms with van der Waals surface area (Å²) < 4.78 is 16.6. The molecule has 0 aromatic rings. The summed E-state index contributed by atoms with van der Waals surface area (Å²) in [6, 6.07) is 0. The number of hydrogen-bond donors (Lipinski definition) is 2. The maximum atomic E-state index is 5.71. The summed E-state index contributed by atoms with van der Waals surface area (Å²) in [5, 5.41) is 6.72. The third-order valence-corrected chi connectivity index (χ3v) is 5.28. The van der Waals surface area contributed by atoms with Gasteiger partial charge in [-0.3, -0.25) is 4.99 Å². The predicted octanol–water partition coefficient (Wildman–Crippen LogP) is 2.95. The van der Waals surface area contributed by atoms with Crippen LogP contribution >= 0.6 is 24.0 Å². The summed E-state index contributed by atoms with van der Waals surface area (Å²) in [6.07, 6.45) is 8.87. The standard InChI is InChI=1S/C19H37N3O3.HI/c1-3-20-18(21-11-14-24-15-17-7-6-12-25-17)22-16-19(10-13-23-2)8-4-5-9-19;/h17H,3-16H2,1-2H3,(H2,20,21,22);1H. The van der Waals surface area contributed by atoms with E-state index in [-0.39, 0.29) is 24.0 Å². The molecular weight excluding hydrogens is 445 g/mol. The number of nitrogens with zero attached hydrogens (tertiary/aromatic N) is 1. The minimum absolute atomic E-state index is 0. The van der Waals surface area contributed by atoms with Crippen LogP contribution in [0.1, 0.15) is 51.9 Å². The number of rotatable bonds is 11. The molecular formula is C19H38IN3O3. The van der Waals surface area contributed by atoms with E-state index in [0.29, 0.717) is 24.7 Å². The van der Waals surface area contributed by atoms with Gasteiger partial charge in [0.15, 0.2) is 5.96 Å². The molecule has 1 atom stereocenters. The number of halogens is 1. The van der Waals surface area contributed by atoms with Crippen LogP contribution < -0.4 is 10.6 Å². The largest absolute Gasteiger partial charge is 0.385 e. The third-order valence-electron chi connectivity index (χ3n) is 5.28. The van der Waals surface area contributed by atoms with Gasteiger partial charge in [0.05, 0.1) is 19.3 Å². The average Bonchev–Trinajstić information content (AvgIpc) is 3.30. The van der Waals surface area contributed by atoms with Crippen molar-refractivity contribution in [1.29, 1.82) is 0 Å². The quantitative estimate of drug-likeness (QED) is 0.205. The van der Waals surface area contributed by atoms with Gasteiger partial charge in [-0.05, 0) is 44.4 Å². The minimum Gasteiger partial charge on any atom is -0.385 e. The molecule has 26 heavy (non-hydrogen) atoms. The Kier molecular flexibility index (Phi) is 12.8. The molecule has 1 saturated carbocycles. The van der Waals surface area contributed by atoms with Crippen molar-refractivity contribution in [3.05, 3.63) is 0 Å². The highest BCUT2D eigenvalue weighted by Crippen LogP contribution is 2.41. The van der Waals surface area contributed by atoms with Gasteiger partial charge in [0, 0.05) is 40.0 Å². The van der Waals surface area contributed by atoms with Gasteiger partial charge in [-0.1, -0.05) is 12.8 Å². The fourth-order valence-corrected chi connectivity index (χ4v) is 3.75. The van der Waals surface area contributed by atoms with Crippen LogP contribution in [0.4, 0.5) is 0 Å². The summed E-state index contributed by atoms with van der Waals surface area (Å²) in [7, 11) is 1.79. The zero-order chi connectivity index (χ0) is 17.8. The van der Waals surface area contributed by atoms with Crippen LogP contribution in [0.3, 0.4) is 0 Å². The van der Waals surface area contributed by atoms with Gasteiger partial charge in [-0.15, -0.1) is 24.0 Å². The van der Waals surface area contributed by atoms with E-state index < -0.39 is 0 Å². The Labute approximate surface area is 176 Å². The van der Waals surface area contributed by atoms with Crippen molar-refractivity contribution in [3.63, 3.8) is 0 Å².